The van der Waals surface area contributed by atoms with Crippen molar-refractivity contribution in [1.82, 2.24) is 4.47 Å². The molecule has 0 aliphatic carbocycles. The molecule has 1 aliphatic heterocycles. The first-order valence-electron chi connectivity index (χ1n) is 8.96. The van der Waals surface area contributed by atoms with Crippen LogP contribution in [0.3, 0.4) is 0 Å². The average Bonchev–Trinajstić information content (AvgIpc) is 3.06. The molecule has 1 aliphatic rings. The summed E-state index contributed by atoms with van der Waals surface area (Å²) in [7, 11) is -1.44. The molecule has 0 unspecified atom stereocenters. The summed E-state index contributed by atoms with van der Waals surface area (Å²) in [5, 5.41) is 0. The molecule has 1 heterocycles. The number of benzene rings is 2. The number of ether oxygens (including phenoxy) is 1. The molecule has 29 heavy (non-hydrogen) atoms. The predicted octanol–water partition coefficient (Wildman–Crippen LogP) is 2.00. The molecule has 2 aromatic carbocycles. The monoisotopic (exact) mass is 418 g/mol. The van der Waals surface area contributed by atoms with Crippen LogP contribution in [-0.2, 0) is 30.8 Å². The molecule has 8 nitrogen and oxygen atoms in total. The van der Waals surface area contributed by atoms with E-state index in [0.29, 0.717) is 4.47 Å². The van der Waals surface area contributed by atoms with Crippen LogP contribution in [0.5, 0.6) is 0 Å². The molecule has 0 spiro atoms. The lowest BCUT2D eigenvalue weighted by Crippen LogP contribution is -2.38. The number of anilines is 1. The number of rotatable bonds is 6. The first-order valence-corrected chi connectivity index (χ1v) is 10.4. The number of nitrogens with zero attached hydrogens (tertiary/aromatic N) is 2. The van der Waals surface area contributed by atoms with Gasteiger partial charge in [0.2, 0.25) is 0 Å². The molecule has 3 rings (SSSR count). The quantitative estimate of drug-likeness (QED) is 0.526. The number of amides is 1. The Hall–Kier alpha value is -2.75. The third kappa shape index (κ3) is 4.16. The summed E-state index contributed by atoms with van der Waals surface area (Å²) in [6.45, 7) is 1.49. The maximum atomic E-state index is 12.6. The van der Waals surface area contributed by atoms with Crippen LogP contribution >= 0.6 is 0 Å². The van der Waals surface area contributed by atoms with E-state index >= 15 is 0 Å². The number of hydroxylamine groups is 1. The zero-order valence-corrected chi connectivity index (χ0v) is 17.2. The van der Waals surface area contributed by atoms with E-state index in [1.165, 1.54) is 38.4 Å². The minimum absolute atomic E-state index is 0.0262. The first-order chi connectivity index (χ1) is 13.8. The summed E-state index contributed by atoms with van der Waals surface area (Å²) in [6.07, 6.45) is 0.739. The van der Waals surface area contributed by atoms with Crippen molar-refractivity contribution in [3.8, 4) is 0 Å². The zero-order chi connectivity index (χ0) is 21.2. The molecule has 0 bridgehead atoms. The number of hydrogen-bond acceptors (Lipinski definition) is 6. The highest BCUT2D eigenvalue weighted by Crippen LogP contribution is 2.31. The average molecular weight is 418 g/mol. The van der Waals surface area contributed by atoms with Gasteiger partial charge in [0.25, 0.3) is 15.9 Å². The van der Waals surface area contributed by atoms with E-state index in [4.69, 9.17) is 9.57 Å². The number of hydrogen-bond donors (Lipinski definition) is 0. The Balaban J connectivity index is 1.70. The van der Waals surface area contributed by atoms with Crippen molar-refractivity contribution in [3.05, 3.63) is 59.7 Å². The minimum atomic E-state index is -3.90. The minimum Gasteiger partial charge on any atom is -0.452 e. The highest BCUT2D eigenvalue weighted by Gasteiger charge is 2.31. The van der Waals surface area contributed by atoms with Crippen molar-refractivity contribution in [3.63, 3.8) is 0 Å². The van der Waals surface area contributed by atoms with E-state index in [2.05, 4.69) is 0 Å². The van der Waals surface area contributed by atoms with Crippen LogP contribution in [0, 0.1) is 0 Å². The fourth-order valence-corrected chi connectivity index (χ4v) is 4.28. The SMILES string of the molecule is CON(C)S(=O)(=O)c1cccc(C(=O)OCC(=O)N2c3ccccc3C[C@@H]2C)c1. The molecule has 0 radical (unpaired) electrons. The maximum absolute atomic E-state index is 12.6. The fourth-order valence-electron chi connectivity index (χ4n) is 3.26. The lowest BCUT2D eigenvalue weighted by atomic mass is 10.1. The Kier molecular flexibility index (Phi) is 6.02. The van der Waals surface area contributed by atoms with E-state index in [9.17, 15) is 18.0 Å². The first kappa shape index (κ1) is 21.0. The largest absolute Gasteiger partial charge is 0.452 e. The second-order valence-electron chi connectivity index (χ2n) is 6.65. The molecular formula is C20H22N2O6S. The van der Waals surface area contributed by atoms with Crippen molar-refractivity contribution < 1.29 is 27.6 Å². The van der Waals surface area contributed by atoms with Crippen molar-refractivity contribution in [1.29, 1.82) is 0 Å². The van der Waals surface area contributed by atoms with Crippen LogP contribution in [0.25, 0.3) is 0 Å². The number of carbonyl (C=O) groups is 2. The predicted molar refractivity (Wildman–Crippen MR) is 106 cm³/mol. The van der Waals surface area contributed by atoms with Gasteiger partial charge in [0.1, 0.15) is 0 Å². The second kappa shape index (κ2) is 8.32. The van der Waals surface area contributed by atoms with Crippen LogP contribution in [-0.4, -0.2) is 51.6 Å². The number of para-hydroxylation sites is 1. The number of esters is 1. The Labute approximate surface area is 169 Å². The third-order valence-corrected chi connectivity index (χ3v) is 6.44. The molecule has 0 saturated heterocycles. The smallest absolute Gasteiger partial charge is 0.338 e. The van der Waals surface area contributed by atoms with Gasteiger partial charge >= 0.3 is 5.97 Å². The molecule has 0 N–H and O–H groups in total. The number of sulfonamides is 1. The van der Waals surface area contributed by atoms with Gasteiger partial charge in [-0.2, -0.15) is 0 Å². The summed E-state index contributed by atoms with van der Waals surface area (Å²) in [6, 6.07) is 12.9. The molecule has 1 atom stereocenters. The molecule has 0 saturated carbocycles. The van der Waals surface area contributed by atoms with E-state index < -0.39 is 22.6 Å². The van der Waals surface area contributed by atoms with E-state index in [0.717, 1.165) is 17.7 Å². The highest BCUT2D eigenvalue weighted by molar-refractivity contribution is 7.89. The molecule has 154 valence electrons. The fraction of sp³-hybridized carbons (Fsp3) is 0.300. The summed E-state index contributed by atoms with van der Waals surface area (Å²) >= 11 is 0. The van der Waals surface area contributed by atoms with Crippen molar-refractivity contribution in [2.75, 3.05) is 25.7 Å². The third-order valence-electron chi connectivity index (χ3n) is 4.77. The van der Waals surface area contributed by atoms with Gasteiger partial charge in [-0.05, 0) is 43.2 Å². The summed E-state index contributed by atoms with van der Waals surface area (Å²) in [5.41, 5.74) is 1.91. The van der Waals surface area contributed by atoms with Crippen molar-refractivity contribution in [2.24, 2.45) is 0 Å². The van der Waals surface area contributed by atoms with Crippen LogP contribution in [0.4, 0.5) is 5.69 Å². The van der Waals surface area contributed by atoms with Gasteiger partial charge in [-0.15, -0.1) is 0 Å². The lowest BCUT2D eigenvalue weighted by Gasteiger charge is -2.22. The van der Waals surface area contributed by atoms with Gasteiger partial charge in [-0.1, -0.05) is 28.7 Å². The van der Waals surface area contributed by atoms with E-state index in [-0.39, 0.29) is 22.4 Å². The zero-order valence-electron chi connectivity index (χ0n) is 16.4. The van der Waals surface area contributed by atoms with E-state index in [1.54, 1.807) is 4.90 Å². The number of fused-ring (bicyclic) bond motifs is 1. The summed E-state index contributed by atoms with van der Waals surface area (Å²) in [4.78, 5) is 31.2. The standard InChI is InChI=1S/C20H22N2O6S/c1-14-11-15-7-4-5-10-18(15)22(14)19(23)13-28-20(24)16-8-6-9-17(12-16)29(25,26)21(2)27-3/h4-10,12,14H,11,13H2,1-3H3/t14-/m0/s1. The summed E-state index contributed by atoms with van der Waals surface area (Å²) < 4.78 is 30.5. The van der Waals surface area contributed by atoms with Crippen molar-refractivity contribution >= 4 is 27.6 Å². The number of carbonyl (C=O) groups excluding carboxylic acids is 2. The highest BCUT2D eigenvalue weighted by atomic mass is 32.2. The van der Waals surface area contributed by atoms with Gasteiger partial charge in [0.05, 0.1) is 17.6 Å². The molecule has 0 aromatic heterocycles. The van der Waals surface area contributed by atoms with Gasteiger partial charge in [0, 0.05) is 18.8 Å². The Morgan fingerprint density at radius 1 is 1.17 bits per heavy atom. The second-order valence-corrected chi connectivity index (χ2v) is 8.58. The normalized spacial score (nSPS) is 16.0. The Morgan fingerprint density at radius 3 is 2.62 bits per heavy atom. The Bertz CT molecular complexity index is 1040. The van der Waals surface area contributed by atoms with Gasteiger partial charge in [-0.25, -0.2) is 13.2 Å². The molecular weight excluding hydrogens is 396 g/mol. The topological polar surface area (TPSA) is 93.2 Å². The lowest BCUT2D eigenvalue weighted by molar-refractivity contribution is -0.122. The van der Waals surface area contributed by atoms with Gasteiger partial charge < -0.3 is 9.64 Å². The van der Waals surface area contributed by atoms with E-state index in [1.807, 2.05) is 31.2 Å². The molecule has 0 fully saturated rings. The van der Waals surface area contributed by atoms with Crippen LogP contribution in [0.15, 0.2) is 53.4 Å². The maximum Gasteiger partial charge on any atom is 0.338 e. The summed E-state index contributed by atoms with van der Waals surface area (Å²) in [5.74, 6) is -1.12. The van der Waals surface area contributed by atoms with Crippen LogP contribution < -0.4 is 4.90 Å². The molecule has 1 amide bonds. The van der Waals surface area contributed by atoms with Crippen LogP contribution in [0.1, 0.15) is 22.8 Å². The molecule has 9 heteroatoms. The van der Waals surface area contributed by atoms with Gasteiger partial charge in [0.15, 0.2) is 6.61 Å². The van der Waals surface area contributed by atoms with Crippen LogP contribution in [0.2, 0.25) is 0 Å². The Morgan fingerprint density at radius 2 is 1.90 bits per heavy atom. The van der Waals surface area contributed by atoms with Gasteiger partial charge in [-0.3, -0.25) is 9.63 Å². The van der Waals surface area contributed by atoms with Crippen molar-refractivity contribution in [2.45, 2.75) is 24.3 Å². The molecule has 2 aromatic rings.